The molecule has 0 radical (unpaired) electrons. The van der Waals surface area contributed by atoms with Crippen LogP contribution in [0.25, 0.3) is 0 Å². The summed E-state index contributed by atoms with van der Waals surface area (Å²) in [6.07, 6.45) is 1.28. The highest BCUT2D eigenvalue weighted by atomic mass is 35.5. The van der Waals surface area contributed by atoms with Crippen LogP contribution in [0.4, 0.5) is 0 Å². The fraction of sp³-hybridized carbons (Fsp3) is 0.0476. The molecule has 0 aliphatic heterocycles. The minimum Gasteiger partial charge on any atom is -0.378 e. The van der Waals surface area contributed by atoms with E-state index in [1.54, 1.807) is 30.3 Å². The summed E-state index contributed by atoms with van der Waals surface area (Å²) in [5.74, 6) is -0.473. The average Bonchev–Trinajstić information content (AvgIpc) is 2.69. The SMILES string of the molecule is Cc1ccc(S(=O)(=O)Oc2ccccc2/C=N\NC(=O)c2ccc(Cl)cc2Cl)cc1. The number of benzene rings is 3. The molecule has 0 aromatic heterocycles. The first-order valence-electron chi connectivity index (χ1n) is 8.65. The monoisotopic (exact) mass is 462 g/mol. The summed E-state index contributed by atoms with van der Waals surface area (Å²) in [4.78, 5) is 12.2. The number of nitrogens with zero attached hydrogens (tertiary/aromatic N) is 1. The summed E-state index contributed by atoms with van der Waals surface area (Å²) in [5.41, 5.74) is 3.82. The summed E-state index contributed by atoms with van der Waals surface area (Å²) >= 11 is 11.8. The number of hydrogen-bond acceptors (Lipinski definition) is 5. The van der Waals surface area contributed by atoms with E-state index in [4.69, 9.17) is 27.4 Å². The quantitative estimate of drug-likeness (QED) is 0.322. The summed E-state index contributed by atoms with van der Waals surface area (Å²) in [6.45, 7) is 1.86. The first-order valence-corrected chi connectivity index (χ1v) is 10.8. The van der Waals surface area contributed by atoms with Gasteiger partial charge in [-0.2, -0.15) is 13.5 Å². The minimum atomic E-state index is -4.03. The maximum Gasteiger partial charge on any atom is 0.339 e. The molecule has 3 rings (SSSR count). The van der Waals surface area contributed by atoms with Crippen LogP contribution in [-0.4, -0.2) is 20.5 Å². The molecule has 0 heterocycles. The predicted octanol–water partition coefficient (Wildman–Crippen LogP) is 4.83. The van der Waals surface area contributed by atoms with Crippen LogP contribution in [0, 0.1) is 6.92 Å². The van der Waals surface area contributed by atoms with Gasteiger partial charge in [-0.1, -0.05) is 53.0 Å². The third-order valence-corrected chi connectivity index (χ3v) is 5.77. The number of rotatable bonds is 6. The molecule has 30 heavy (non-hydrogen) atoms. The van der Waals surface area contributed by atoms with Crippen molar-refractivity contribution >= 4 is 45.4 Å². The molecule has 3 aromatic carbocycles. The Kier molecular flexibility index (Phi) is 6.77. The third-order valence-electron chi connectivity index (χ3n) is 3.97. The molecule has 0 saturated carbocycles. The van der Waals surface area contributed by atoms with Crippen molar-refractivity contribution in [3.05, 3.63) is 93.5 Å². The topological polar surface area (TPSA) is 84.8 Å². The Hall–Kier alpha value is -2.87. The maximum atomic E-state index is 12.5. The molecule has 0 aliphatic carbocycles. The Balaban J connectivity index is 1.76. The number of para-hydroxylation sites is 1. The van der Waals surface area contributed by atoms with Crippen molar-refractivity contribution in [2.45, 2.75) is 11.8 Å². The van der Waals surface area contributed by atoms with Gasteiger partial charge in [-0.15, -0.1) is 0 Å². The lowest BCUT2D eigenvalue weighted by Gasteiger charge is -2.09. The number of amides is 1. The zero-order chi connectivity index (χ0) is 21.7. The second-order valence-electron chi connectivity index (χ2n) is 6.21. The second-order valence-corrected chi connectivity index (χ2v) is 8.60. The van der Waals surface area contributed by atoms with Crippen LogP contribution in [0.5, 0.6) is 5.75 Å². The number of aryl methyl sites for hydroxylation is 1. The van der Waals surface area contributed by atoms with Crippen LogP contribution in [0.15, 0.2) is 76.7 Å². The molecule has 9 heteroatoms. The highest BCUT2D eigenvalue weighted by Crippen LogP contribution is 2.23. The van der Waals surface area contributed by atoms with Gasteiger partial charge in [0.15, 0.2) is 5.75 Å². The molecule has 0 spiro atoms. The first-order chi connectivity index (χ1) is 14.3. The van der Waals surface area contributed by atoms with Gasteiger partial charge < -0.3 is 4.18 Å². The van der Waals surface area contributed by atoms with Crippen LogP contribution in [0.2, 0.25) is 10.0 Å². The van der Waals surface area contributed by atoms with Gasteiger partial charge in [-0.25, -0.2) is 5.43 Å². The zero-order valence-electron chi connectivity index (χ0n) is 15.7. The Morgan fingerprint density at radius 1 is 1.03 bits per heavy atom. The number of hydrazone groups is 1. The van der Waals surface area contributed by atoms with Crippen molar-refractivity contribution in [2.75, 3.05) is 0 Å². The second kappa shape index (κ2) is 9.30. The van der Waals surface area contributed by atoms with Gasteiger partial charge in [0.05, 0.1) is 16.8 Å². The number of hydrogen-bond donors (Lipinski definition) is 1. The maximum absolute atomic E-state index is 12.5. The summed E-state index contributed by atoms with van der Waals surface area (Å²) in [6, 6.07) is 17.2. The molecular formula is C21H16Cl2N2O4S. The molecule has 0 atom stereocenters. The normalized spacial score (nSPS) is 11.4. The smallest absolute Gasteiger partial charge is 0.339 e. The fourth-order valence-electron chi connectivity index (χ4n) is 2.43. The zero-order valence-corrected chi connectivity index (χ0v) is 18.0. The number of nitrogens with one attached hydrogen (secondary N) is 1. The lowest BCUT2D eigenvalue weighted by Crippen LogP contribution is -2.18. The van der Waals surface area contributed by atoms with Crippen LogP contribution in [0.1, 0.15) is 21.5 Å². The van der Waals surface area contributed by atoms with E-state index in [1.165, 1.54) is 42.6 Å². The Morgan fingerprint density at radius 2 is 1.73 bits per heavy atom. The van der Waals surface area contributed by atoms with Crippen molar-refractivity contribution < 1.29 is 17.4 Å². The van der Waals surface area contributed by atoms with E-state index in [0.29, 0.717) is 10.6 Å². The molecule has 0 aliphatic rings. The standard InChI is InChI=1S/C21H16Cl2N2O4S/c1-14-6-9-17(10-7-14)30(27,28)29-20-5-3-2-4-15(20)13-24-25-21(26)18-11-8-16(22)12-19(18)23/h2-13H,1H3,(H,25,26)/b24-13-. The number of halogens is 2. The summed E-state index contributed by atoms with van der Waals surface area (Å²) in [5, 5.41) is 4.45. The lowest BCUT2D eigenvalue weighted by molar-refractivity contribution is 0.0955. The van der Waals surface area contributed by atoms with E-state index in [-0.39, 0.29) is 21.2 Å². The molecule has 6 nitrogen and oxygen atoms in total. The van der Waals surface area contributed by atoms with Gasteiger partial charge in [0.1, 0.15) is 4.90 Å². The molecule has 0 unspecified atom stereocenters. The number of carbonyl (C=O) groups excluding carboxylic acids is 1. The van der Waals surface area contributed by atoms with Crippen molar-refractivity contribution in [1.29, 1.82) is 0 Å². The largest absolute Gasteiger partial charge is 0.378 e. The Bertz CT molecular complexity index is 1210. The summed E-state index contributed by atoms with van der Waals surface area (Å²) in [7, 11) is -4.03. The van der Waals surface area contributed by atoms with Gasteiger partial charge in [0.2, 0.25) is 0 Å². The van der Waals surface area contributed by atoms with E-state index >= 15 is 0 Å². The molecule has 1 amide bonds. The van der Waals surface area contributed by atoms with Gasteiger partial charge in [-0.3, -0.25) is 4.79 Å². The van der Waals surface area contributed by atoms with Gasteiger partial charge in [0, 0.05) is 10.6 Å². The molecule has 0 fully saturated rings. The van der Waals surface area contributed by atoms with Crippen molar-refractivity contribution in [3.63, 3.8) is 0 Å². The van der Waals surface area contributed by atoms with E-state index in [1.807, 2.05) is 6.92 Å². The first kappa shape index (κ1) is 21.8. The highest BCUT2D eigenvalue weighted by molar-refractivity contribution is 7.87. The minimum absolute atomic E-state index is 0.0329. The van der Waals surface area contributed by atoms with E-state index in [2.05, 4.69) is 10.5 Å². The van der Waals surface area contributed by atoms with Crippen LogP contribution >= 0.6 is 23.2 Å². The molecule has 0 bridgehead atoms. The molecule has 1 N–H and O–H groups in total. The van der Waals surface area contributed by atoms with E-state index in [0.717, 1.165) is 5.56 Å². The summed E-state index contributed by atoms with van der Waals surface area (Å²) < 4.78 is 30.3. The van der Waals surface area contributed by atoms with E-state index < -0.39 is 16.0 Å². The van der Waals surface area contributed by atoms with Crippen molar-refractivity contribution in [3.8, 4) is 5.75 Å². The Labute approximate surface area is 184 Å². The Morgan fingerprint density at radius 3 is 2.43 bits per heavy atom. The van der Waals surface area contributed by atoms with Crippen LogP contribution in [0.3, 0.4) is 0 Å². The molecule has 154 valence electrons. The van der Waals surface area contributed by atoms with Crippen LogP contribution in [-0.2, 0) is 10.1 Å². The van der Waals surface area contributed by atoms with Crippen molar-refractivity contribution in [1.82, 2.24) is 5.43 Å². The van der Waals surface area contributed by atoms with E-state index in [9.17, 15) is 13.2 Å². The fourth-order valence-corrected chi connectivity index (χ4v) is 3.88. The third kappa shape index (κ3) is 5.38. The average molecular weight is 463 g/mol. The van der Waals surface area contributed by atoms with Crippen LogP contribution < -0.4 is 9.61 Å². The highest BCUT2D eigenvalue weighted by Gasteiger charge is 2.18. The van der Waals surface area contributed by atoms with Gasteiger partial charge in [0.25, 0.3) is 5.91 Å². The lowest BCUT2D eigenvalue weighted by atomic mass is 10.2. The van der Waals surface area contributed by atoms with Crippen molar-refractivity contribution in [2.24, 2.45) is 5.10 Å². The van der Waals surface area contributed by atoms with Gasteiger partial charge >= 0.3 is 10.1 Å². The molecular weight excluding hydrogens is 447 g/mol. The predicted molar refractivity (Wildman–Crippen MR) is 117 cm³/mol. The number of carbonyl (C=O) groups is 1. The molecule has 3 aromatic rings. The molecule has 0 saturated heterocycles. The van der Waals surface area contributed by atoms with Gasteiger partial charge in [-0.05, 0) is 49.4 Å².